The molecule has 2 rings (SSSR count). The molecule has 0 saturated heterocycles. The van der Waals surface area contributed by atoms with E-state index >= 15 is 0 Å². The lowest BCUT2D eigenvalue weighted by Crippen LogP contribution is -1.84. The van der Waals surface area contributed by atoms with Gasteiger partial charge in [-0.1, -0.05) is 0 Å². The average Bonchev–Trinajstić information content (AvgIpc) is 2.34. The van der Waals surface area contributed by atoms with Crippen molar-refractivity contribution in [3.05, 3.63) is 24.3 Å². The SMILES string of the molecule is Cl.Nc1c[nH]c2nccc(F)c12. The van der Waals surface area contributed by atoms with E-state index in [0.29, 0.717) is 16.7 Å². The molecule has 64 valence electrons. The molecule has 0 bridgehead atoms. The molecule has 0 aromatic carbocycles. The van der Waals surface area contributed by atoms with E-state index in [-0.39, 0.29) is 18.2 Å². The summed E-state index contributed by atoms with van der Waals surface area (Å²) in [5.41, 5.74) is 6.35. The molecule has 3 nitrogen and oxygen atoms in total. The largest absolute Gasteiger partial charge is 0.397 e. The molecule has 12 heavy (non-hydrogen) atoms. The van der Waals surface area contributed by atoms with Crippen molar-refractivity contribution in [2.45, 2.75) is 0 Å². The monoisotopic (exact) mass is 187 g/mol. The number of anilines is 1. The average molecular weight is 188 g/mol. The number of pyridine rings is 1. The second-order valence-corrected chi connectivity index (χ2v) is 2.26. The van der Waals surface area contributed by atoms with Crippen LogP contribution in [0.1, 0.15) is 0 Å². The first-order chi connectivity index (χ1) is 5.29. The van der Waals surface area contributed by atoms with E-state index in [0.717, 1.165) is 0 Å². The highest BCUT2D eigenvalue weighted by Gasteiger charge is 2.05. The van der Waals surface area contributed by atoms with E-state index in [9.17, 15) is 4.39 Å². The number of fused-ring (bicyclic) bond motifs is 1. The molecule has 0 fully saturated rings. The molecule has 2 aromatic heterocycles. The van der Waals surface area contributed by atoms with E-state index in [4.69, 9.17) is 5.73 Å². The maximum absolute atomic E-state index is 12.9. The molecule has 0 atom stereocenters. The molecule has 0 unspecified atom stereocenters. The van der Waals surface area contributed by atoms with Gasteiger partial charge in [0.15, 0.2) is 0 Å². The second kappa shape index (κ2) is 2.98. The van der Waals surface area contributed by atoms with Gasteiger partial charge >= 0.3 is 0 Å². The summed E-state index contributed by atoms with van der Waals surface area (Å²) in [6.45, 7) is 0. The third-order valence-corrected chi connectivity index (χ3v) is 1.55. The zero-order valence-corrected chi connectivity index (χ0v) is 6.86. The van der Waals surface area contributed by atoms with Gasteiger partial charge in [0.25, 0.3) is 0 Å². The minimum atomic E-state index is -0.339. The van der Waals surface area contributed by atoms with Gasteiger partial charge in [0.2, 0.25) is 0 Å². The van der Waals surface area contributed by atoms with Gasteiger partial charge in [0.1, 0.15) is 11.5 Å². The summed E-state index contributed by atoms with van der Waals surface area (Å²) in [6.07, 6.45) is 2.92. The Morgan fingerprint density at radius 1 is 1.50 bits per heavy atom. The van der Waals surface area contributed by atoms with Crippen molar-refractivity contribution in [1.29, 1.82) is 0 Å². The lowest BCUT2D eigenvalue weighted by molar-refractivity contribution is 0.639. The van der Waals surface area contributed by atoms with Crippen molar-refractivity contribution in [2.75, 3.05) is 5.73 Å². The van der Waals surface area contributed by atoms with Gasteiger partial charge in [0.05, 0.1) is 11.1 Å². The summed E-state index contributed by atoms with van der Waals surface area (Å²) in [7, 11) is 0. The lowest BCUT2D eigenvalue weighted by atomic mass is 10.3. The molecular formula is C7H7ClFN3. The molecule has 5 heteroatoms. The molecule has 2 aromatic rings. The van der Waals surface area contributed by atoms with Gasteiger partial charge < -0.3 is 10.7 Å². The van der Waals surface area contributed by atoms with Crippen LogP contribution in [0.2, 0.25) is 0 Å². The van der Waals surface area contributed by atoms with Crippen molar-refractivity contribution >= 4 is 29.1 Å². The standard InChI is InChI=1S/C7H6FN3.ClH/c8-4-1-2-10-7-6(4)5(9)3-11-7;/h1-3H,9H2,(H,10,11);1H. The Morgan fingerprint density at radius 3 is 2.92 bits per heavy atom. The zero-order valence-electron chi connectivity index (χ0n) is 6.04. The Balaban J connectivity index is 0.000000720. The second-order valence-electron chi connectivity index (χ2n) is 2.26. The summed E-state index contributed by atoms with van der Waals surface area (Å²) in [6, 6.07) is 1.28. The molecule has 0 spiro atoms. The van der Waals surface area contributed by atoms with Crippen molar-refractivity contribution in [3.8, 4) is 0 Å². The number of aromatic amines is 1. The summed E-state index contributed by atoms with van der Waals surface area (Å²) in [5, 5.41) is 0.368. The van der Waals surface area contributed by atoms with Crippen LogP contribution in [-0.2, 0) is 0 Å². The minimum absolute atomic E-state index is 0. The summed E-state index contributed by atoms with van der Waals surface area (Å²) >= 11 is 0. The van der Waals surface area contributed by atoms with Crippen LogP contribution in [0.15, 0.2) is 18.5 Å². The first-order valence-corrected chi connectivity index (χ1v) is 3.16. The van der Waals surface area contributed by atoms with Crippen LogP contribution in [0.25, 0.3) is 11.0 Å². The Bertz CT molecular complexity index is 398. The number of nitrogen functional groups attached to an aromatic ring is 1. The first-order valence-electron chi connectivity index (χ1n) is 3.16. The predicted octanol–water partition coefficient (Wildman–Crippen LogP) is 1.71. The Hall–Kier alpha value is -1.29. The number of aromatic nitrogens is 2. The maximum Gasteiger partial charge on any atom is 0.142 e. The van der Waals surface area contributed by atoms with Gasteiger partial charge in [0, 0.05) is 12.4 Å². The van der Waals surface area contributed by atoms with Crippen LogP contribution < -0.4 is 5.73 Å². The summed E-state index contributed by atoms with van der Waals surface area (Å²) < 4.78 is 12.9. The minimum Gasteiger partial charge on any atom is -0.397 e. The highest BCUT2D eigenvalue weighted by molar-refractivity contribution is 5.88. The Kier molecular flexibility index (Phi) is 2.19. The fraction of sp³-hybridized carbons (Fsp3) is 0. The number of rotatable bonds is 0. The van der Waals surface area contributed by atoms with Crippen molar-refractivity contribution in [2.24, 2.45) is 0 Å². The van der Waals surface area contributed by atoms with Gasteiger partial charge in [-0.2, -0.15) is 0 Å². The Labute approximate surface area is 74.2 Å². The summed E-state index contributed by atoms with van der Waals surface area (Å²) in [5.74, 6) is -0.339. The summed E-state index contributed by atoms with van der Waals surface area (Å²) in [4.78, 5) is 6.64. The Morgan fingerprint density at radius 2 is 2.25 bits per heavy atom. The maximum atomic E-state index is 12.9. The quantitative estimate of drug-likeness (QED) is 0.660. The molecule has 0 saturated carbocycles. The first kappa shape index (κ1) is 8.80. The van der Waals surface area contributed by atoms with Crippen molar-refractivity contribution in [1.82, 2.24) is 9.97 Å². The van der Waals surface area contributed by atoms with Crippen LogP contribution in [0, 0.1) is 5.82 Å². The van der Waals surface area contributed by atoms with E-state index in [1.165, 1.54) is 18.5 Å². The van der Waals surface area contributed by atoms with Crippen LogP contribution in [0.5, 0.6) is 0 Å². The molecule has 0 aliphatic rings. The number of hydrogen-bond acceptors (Lipinski definition) is 2. The highest BCUT2D eigenvalue weighted by atomic mass is 35.5. The molecule has 0 aliphatic heterocycles. The third-order valence-electron chi connectivity index (χ3n) is 1.55. The van der Waals surface area contributed by atoms with Crippen LogP contribution in [0.4, 0.5) is 10.1 Å². The number of nitrogens with zero attached hydrogens (tertiary/aromatic N) is 1. The van der Waals surface area contributed by atoms with Gasteiger partial charge in [-0.3, -0.25) is 0 Å². The number of hydrogen-bond donors (Lipinski definition) is 2. The topological polar surface area (TPSA) is 54.7 Å². The zero-order chi connectivity index (χ0) is 7.84. The molecule has 3 N–H and O–H groups in total. The van der Waals surface area contributed by atoms with Gasteiger partial charge in [-0.25, -0.2) is 9.37 Å². The fourth-order valence-electron chi connectivity index (χ4n) is 1.04. The van der Waals surface area contributed by atoms with Crippen LogP contribution in [0.3, 0.4) is 0 Å². The van der Waals surface area contributed by atoms with E-state index in [2.05, 4.69) is 9.97 Å². The molecule has 0 aliphatic carbocycles. The molecule has 2 heterocycles. The third kappa shape index (κ3) is 1.10. The number of nitrogens with two attached hydrogens (primary N) is 1. The normalized spacial score (nSPS) is 9.75. The van der Waals surface area contributed by atoms with E-state index in [1.54, 1.807) is 0 Å². The highest BCUT2D eigenvalue weighted by Crippen LogP contribution is 2.20. The van der Waals surface area contributed by atoms with Crippen molar-refractivity contribution < 1.29 is 4.39 Å². The molecular weight excluding hydrogens is 181 g/mol. The smallest absolute Gasteiger partial charge is 0.142 e. The van der Waals surface area contributed by atoms with Crippen LogP contribution in [-0.4, -0.2) is 9.97 Å². The predicted molar refractivity (Wildman–Crippen MR) is 47.7 cm³/mol. The number of nitrogens with one attached hydrogen (secondary N) is 1. The van der Waals surface area contributed by atoms with E-state index in [1.807, 2.05) is 0 Å². The lowest BCUT2D eigenvalue weighted by Gasteiger charge is -1.90. The van der Waals surface area contributed by atoms with Gasteiger partial charge in [-0.15, -0.1) is 12.4 Å². The van der Waals surface area contributed by atoms with Crippen molar-refractivity contribution in [3.63, 3.8) is 0 Å². The van der Waals surface area contributed by atoms with Crippen LogP contribution >= 0.6 is 12.4 Å². The molecule has 0 radical (unpaired) electrons. The molecule has 0 amide bonds. The number of halogens is 2. The van der Waals surface area contributed by atoms with E-state index < -0.39 is 0 Å². The van der Waals surface area contributed by atoms with Gasteiger partial charge in [-0.05, 0) is 6.07 Å². The fourth-order valence-corrected chi connectivity index (χ4v) is 1.04. The number of H-pyrrole nitrogens is 1.